The highest BCUT2D eigenvalue weighted by Crippen LogP contribution is 2.22. The third-order valence-electron chi connectivity index (χ3n) is 5.46. The van der Waals surface area contributed by atoms with Gasteiger partial charge in [-0.15, -0.1) is 0 Å². The molecule has 1 amide bonds. The number of benzene rings is 2. The third kappa shape index (κ3) is 4.89. The molecular weight excluding hydrogens is 336 g/mol. The summed E-state index contributed by atoms with van der Waals surface area (Å²) in [6.45, 7) is 6.97. The molecule has 0 N–H and O–H groups in total. The summed E-state index contributed by atoms with van der Waals surface area (Å²) in [5, 5.41) is 0. The van der Waals surface area contributed by atoms with Gasteiger partial charge in [-0.3, -0.25) is 9.69 Å². The number of hydrogen-bond acceptors (Lipinski definition) is 3. The number of nitrogens with zero attached hydrogens (tertiary/aromatic N) is 2. The topological polar surface area (TPSA) is 32.8 Å². The van der Waals surface area contributed by atoms with Crippen LogP contribution in [0.2, 0.25) is 0 Å². The number of rotatable bonds is 6. The summed E-state index contributed by atoms with van der Waals surface area (Å²) in [4.78, 5) is 17.3. The minimum Gasteiger partial charge on any atom is -0.496 e. The largest absolute Gasteiger partial charge is 0.496 e. The van der Waals surface area contributed by atoms with Crippen molar-refractivity contribution < 1.29 is 9.53 Å². The van der Waals surface area contributed by atoms with Crippen LogP contribution < -0.4 is 4.74 Å². The number of amides is 1. The van der Waals surface area contributed by atoms with Crippen molar-refractivity contribution in [3.05, 3.63) is 65.7 Å². The lowest BCUT2D eigenvalue weighted by molar-refractivity contribution is -0.135. The summed E-state index contributed by atoms with van der Waals surface area (Å²) in [5.41, 5.74) is 2.42. The maximum atomic E-state index is 12.8. The highest BCUT2D eigenvalue weighted by Gasteiger charge is 2.31. The molecule has 0 saturated carbocycles. The standard InChI is InChI=1S/C23H30N2O2/c1-18-15-24(16-19(2)25(18)17-20-9-5-4-6-10-20)23(26)14-13-21-11-7-8-12-22(21)27-3/h4-12,18-19H,13-17H2,1-3H3. The fourth-order valence-corrected chi connectivity index (χ4v) is 3.98. The molecule has 4 heteroatoms. The summed E-state index contributed by atoms with van der Waals surface area (Å²) in [5.74, 6) is 1.10. The van der Waals surface area contributed by atoms with Crippen LogP contribution in [0.5, 0.6) is 5.75 Å². The van der Waals surface area contributed by atoms with Crippen molar-refractivity contribution in [3.8, 4) is 5.75 Å². The van der Waals surface area contributed by atoms with Crippen LogP contribution in [0.4, 0.5) is 0 Å². The normalized spacial score (nSPS) is 20.5. The van der Waals surface area contributed by atoms with Crippen LogP contribution in [0.3, 0.4) is 0 Å². The SMILES string of the molecule is COc1ccccc1CCC(=O)N1CC(C)N(Cc2ccccc2)C(C)C1. The zero-order valence-corrected chi connectivity index (χ0v) is 16.6. The molecule has 1 heterocycles. The molecule has 1 aliphatic heterocycles. The van der Waals surface area contributed by atoms with Crippen LogP contribution in [-0.2, 0) is 17.8 Å². The summed E-state index contributed by atoms with van der Waals surface area (Å²) in [6.07, 6.45) is 1.24. The van der Waals surface area contributed by atoms with E-state index in [4.69, 9.17) is 4.74 Å². The zero-order chi connectivity index (χ0) is 19.2. The minimum absolute atomic E-state index is 0.235. The second kappa shape index (κ2) is 9.05. The number of para-hydroxylation sites is 1. The Hall–Kier alpha value is -2.33. The zero-order valence-electron chi connectivity index (χ0n) is 16.6. The number of methoxy groups -OCH3 is 1. The molecule has 27 heavy (non-hydrogen) atoms. The summed E-state index contributed by atoms with van der Waals surface area (Å²) in [6, 6.07) is 19.2. The lowest BCUT2D eigenvalue weighted by Gasteiger charge is -2.44. The molecular formula is C23H30N2O2. The number of piperazine rings is 1. The molecule has 0 bridgehead atoms. The molecule has 2 aromatic rings. The molecule has 2 aromatic carbocycles. The predicted octanol–water partition coefficient (Wildman–Crippen LogP) is 3.75. The van der Waals surface area contributed by atoms with Crippen LogP contribution in [0.15, 0.2) is 54.6 Å². The van der Waals surface area contributed by atoms with E-state index in [1.807, 2.05) is 29.2 Å². The summed E-state index contributed by atoms with van der Waals surface area (Å²) in [7, 11) is 1.68. The molecule has 4 nitrogen and oxygen atoms in total. The molecule has 1 saturated heterocycles. The van der Waals surface area contributed by atoms with Gasteiger partial charge in [0.1, 0.15) is 5.75 Å². The fraction of sp³-hybridized carbons (Fsp3) is 0.435. The molecule has 0 aliphatic carbocycles. The van der Waals surface area contributed by atoms with Gasteiger partial charge in [-0.05, 0) is 37.5 Å². The van der Waals surface area contributed by atoms with E-state index in [0.29, 0.717) is 18.5 Å². The van der Waals surface area contributed by atoms with Gasteiger partial charge in [-0.2, -0.15) is 0 Å². The number of carbonyl (C=O) groups is 1. The van der Waals surface area contributed by atoms with E-state index in [-0.39, 0.29) is 5.91 Å². The third-order valence-corrected chi connectivity index (χ3v) is 5.46. The summed E-state index contributed by atoms with van der Waals surface area (Å²) >= 11 is 0. The van der Waals surface area contributed by atoms with Gasteiger partial charge in [0, 0.05) is 38.1 Å². The van der Waals surface area contributed by atoms with Crippen LogP contribution >= 0.6 is 0 Å². The number of ether oxygens (including phenoxy) is 1. The maximum Gasteiger partial charge on any atom is 0.223 e. The van der Waals surface area contributed by atoms with Gasteiger partial charge in [0.25, 0.3) is 0 Å². The van der Waals surface area contributed by atoms with E-state index in [1.165, 1.54) is 5.56 Å². The van der Waals surface area contributed by atoms with Crippen molar-refractivity contribution in [2.45, 2.75) is 45.3 Å². The lowest BCUT2D eigenvalue weighted by Crippen LogP contribution is -2.57. The van der Waals surface area contributed by atoms with Crippen LogP contribution in [0, 0.1) is 0 Å². The first-order valence-corrected chi connectivity index (χ1v) is 9.78. The van der Waals surface area contributed by atoms with E-state index < -0.39 is 0 Å². The monoisotopic (exact) mass is 366 g/mol. The number of aryl methyl sites for hydroxylation is 1. The highest BCUT2D eigenvalue weighted by atomic mass is 16.5. The van der Waals surface area contributed by atoms with Crippen LogP contribution in [-0.4, -0.2) is 48.0 Å². The Bertz CT molecular complexity index is 735. The van der Waals surface area contributed by atoms with E-state index in [1.54, 1.807) is 7.11 Å². The molecule has 144 valence electrons. The van der Waals surface area contributed by atoms with Crippen molar-refractivity contribution in [1.29, 1.82) is 0 Å². The van der Waals surface area contributed by atoms with Gasteiger partial charge >= 0.3 is 0 Å². The predicted molar refractivity (Wildman–Crippen MR) is 109 cm³/mol. The number of hydrogen-bond donors (Lipinski definition) is 0. The Kier molecular flexibility index (Phi) is 6.51. The number of carbonyl (C=O) groups excluding carboxylic acids is 1. The Morgan fingerprint density at radius 2 is 1.63 bits per heavy atom. The molecule has 3 rings (SSSR count). The van der Waals surface area contributed by atoms with Crippen molar-refractivity contribution in [1.82, 2.24) is 9.80 Å². The highest BCUT2D eigenvalue weighted by molar-refractivity contribution is 5.76. The van der Waals surface area contributed by atoms with Crippen molar-refractivity contribution >= 4 is 5.91 Å². The first-order chi connectivity index (χ1) is 13.1. The van der Waals surface area contributed by atoms with Crippen molar-refractivity contribution in [2.75, 3.05) is 20.2 Å². The molecule has 2 atom stereocenters. The smallest absolute Gasteiger partial charge is 0.223 e. The fourth-order valence-electron chi connectivity index (χ4n) is 3.98. The molecule has 0 spiro atoms. The first kappa shape index (κ1) is 19.4. The Morgan fingerprint density at radius 1 is 1.00 bits per heavy atom. The molecule has 0 radical (unpaired) electrons. The first-order valence-electron chi connectivity index (χ1n) is 9.78. The van der Waals surface area contributed by atoms with Crippen LogP contribution in [0.1, 0.15) is 31.4 Å². The Morgan fingerprint density at radius 3 is 2.30 bits per heavy atom. The second-order valence-electron chi connectivity index (χ2n) is 7.47. The minimum atomic E-state index is 0.235. The summed E-state index contributed by atoms with van der Waals surface area (Å²) < 4.78 is 5.40. The van der Waals surface area contributed by atoms with E-state index >= 15 is 0 Å². The van der Waals surface area contributed by atoms with Crippen molar-refractivity contribution in [3.63, 3.8) is 0 Å². The average molecular weight is 367 g/mol. The second-order valence-corrected chi connectivity index (χ2v) is 7.47. The Balaban J connectivity index is 1.56. The van der Waals surface area contributed by atoms with Crippen LogP contribution in [0.25, 0.3) is 0 Å². The van der Waals surface area contributed by atoms with Crippen molar-refractivity contribution in [2.24, 2.45) is 0 Å². The average Bonchev–Trinajstić information content (AvgIpc) is 2.69. The van der Waals surface area contributed by atoms with E-state index in [0.717, 1.165) is 37.4 Å². The Labute approximate surface area is 162 Å². The van der Waals surface area contributed by atoms with E-state index in [2.05, 4.69) is 49.1 Å². The van der Waals surface area contributed by atoms with Gasteiger partial charge in [0.2, 0.25) is 5.91 Å². The molecule has 1 fully saturated rings. The van der Waals surface area contributed by atoms with E-state index in [9.17, 15) is 4.79 Å². The lowest BCUT2D eigenvalue weighted by atomic mass is 10.0. The quantitative estimate of drug-likeness (QED) is 0.781. The molecule has 1 aliphatic rings. The van der Waals surface area contributed by atoms with Gasteiger partial charge in [0.05, 0.1) is 7.11 Å². The van der Waals surface area contributed by atoms with Gasteiger partial charge in [-0.1, -0.05) is 48.5 Å². The maximum absolute atomic E-state index is 12.8. The van der Waals surface area contributed by atoms with Gasteiger partial charge < -0.3 is 9.64 Å². The van der Waals surface area contributed by atoms with Gasteiger partial charge in [0.15, 0.2) is 0 Å². The molecule has 2 unspecified atom stereocenters. The van der Waals surface area contributed by atoms with Gasteiger partial charge in [-0.25, -0.2) is 0 Å². The molecule has 0 aromatic heterocycles.